The van der Waals surface area contributed by atoms with E-state index in [0.29, 0.717) is 31.4 Å². The molecule has 0 radical (unpaired) electrons. The smallest absolute Gasteiger partial charge is 0.251 e. The summed E-state index contributed by atoms with van der Waals surface area (Å²) in [6.07, 6.45) is 1.37. The standard InChI is InChI=1S/C17H19N3O3/c1-10-2-3-11-9-12(16(22)20-14(11)8-10)6-7-18-17(23)13-4-5-15(21)19-13/h2-3,8-9,13H,4-7H2,1H3,(H,18,23)(H,19,21)(H,20,22). The fraction of sp³-hybridized carbons (Fsp3) is 0.353. The Balaban J connectivity index is 1.64. The third-order valence-electron chi connectivity index (χ3n) is 4.08. The van der Waals surface area contributed by atoms with E-state index in [-0.39, 0.29) is 17.4 Å². The van der Waals surface area contributed by atoms with Crippen LogP contribution >= 0.6 is 0 Å². The second kappa shape index (κ2) is 6.24. The van der Waals surface area contributed by atoms with Gasteiger partial charge in [0.2, 0.25) is 11.8 Å². The molecule has 1 atom stereocenters. The van der Waals surface area contributed by atoms with Gasteiger partial charge in [-0.25, -0.2) is 0 Å². The number of H-pyrrole nitrogens is 1. The summed E-state index contributed by atoms with van der Waals surface area (Å²) in [5, 5.41) is 6.37. The van der Waals surface area contributed by atoms with Crippen molar-refractivity contribution in [3.63, 3.8) is 0 Å². The van der Waals surface area contributed by atoms with Crippen LogP contribution in [0.2, 0.25) is 0 Å². The van der Waals surface area contributed by atoms with E-state index in [1.54, 1.807) is 0 Å². The van der Waals surface area contributed by atoms with Crippen LogP contribution < -0.4 is 16.2 Å². The summed E-state index contributed by atoms with van der Waals surface area (Å²) >= 11 is 0. The molecule has 0 spiro atoms. The van der Waals surface area contributed by atoms with Gasteiger partial charge < -0.3 is 15.6 Å². The molecule has 2 heterocycles. The van der Waals surface area contributed by atoms with Crippen molar-refractivity contribution >= 4 is 22.7 Å². The van der Waals surface area contributed by atoms with Crippen molar-refractivity contribution < 1.29 is 9.59 Å². The monoisotopic (exact) mass is 313 g/mol. The second-order valence-corrected chi connectivity index (χ2v) is 5.91. The largest absolute Gasteiger partial charge is 0.354 e. The Hall–Kier alpha value is -2.63. The molecule has 23 heavy (non-hydrogen) atoms. The zero-order valence-electron chi connectivity index (χ0n) is 12.9. The molecular formula is C17H19N3O3. The van der Waals surface area contributed by atoms with Gasteiger partial charge in [-0.2, -0.15) is 0 Å². The van der Waals surface area contributed by atoms with Gasteiger partial charge in [0.15, 0.2) is 0 Å². The highest BCUT2D eigenvalue weighted by atomic mass is 16.2. The number of carbonyl (C=O) groups is 2. The molecule has 1 saturated heterocycles. The minimum atomic E-state index is -0.444. The first-order valence-electron chi connectivity index (χ1n) is 7.72. The van der Waals surface area contributed by atoms with Gasteiger partial charge in [-0.3, -0.25) is 14.4 Å². The number of pyridine rings is 1. The summed E-state index contributed by atoms with van der Waals surface area (Å²) in [4.78, 5) is 38.0. The van der Waals surface area contributed by atoms with Crippen molar-refractivity contribution in [1.29, 1.82) is 0 Å². The fourth-order valence-electron chi connectivity index (χ4n) is 2.80. The van der Waals surface area contributed by atoms with Crippen LogP contribution in [0.3, 0.4) is 0 Å². The minimum absolute atomic E-state index is 0.0913. The van der Waals surface area contributed by atoms with Gasteiger partial charge in [0, 0.05) is 24.0 Å². The molecule has 3 rings (SSSR count). The third-order valence-corrected chi connectivity index (χ3v) is 4.08. The molecule has 6 heteroatoms. The molecule has 1 unspecified atom stereocenters. The van der Waals surface area contributed by atoms with Crippen LogP contribution in [-0.2, 0) is 16.0 Å². The average molecular weight is 313 g/mol. The van der Waals surface area contributed by atoms with E-state index in [2.05, 4.69) is 15.6 Å². The normalized spacial score (nSPS) is 17.3. The number of amides is 2. The number of aromatic amines is 1. The fourth-order valence-corrected chi connectivity index (χ4v) is 2.80. The van der Waals surface area contributed by atoms with Crippen molar-refractivity contribution in [2.24, 2.45) is 0 Å². The van der Waals surface area contributed by atoms with Crippen LogP contribution in [0, 0.1) is 6.92 Å². The Morgan fingerprint density at radius 1 is 1.30 bits per heavy atom. The molecule has 6 nitrogen and oxygen atoms in total. The van der Waals surface area contributed by atoms with Crippen LogP contribution in [0.5, 0.6) is 0 Å². The van der Waals surface area contributed by atoms with E-state index in [0.717, 1.165) is 16.5 Å². The van der Waals surface area contributed by atoms with E-state index in [4.69, 9.17) is 0 Å². The van der Waals surface area contributed by atoms with Gasteiger partial charge in [-0.1, -0.05) is 12.1 Å². The van der Waals surface area contributed by atoms with Gasteiger partial charge in [-0.15, -0.1) is 0 Å². The first kappa shape index (κ1) is 15.3. The number of benzene rings is 1. The predicted molar refractivity (Wildman–Crippen MR) is 87.2 cm³/mol. The van der Waals surface area contributed by atoms with Crippen LogP contribution in [0.4, 0.5) is 0 Å². The number of hydrogen-bond donors (Lipinski definition) is 3. The lowest BCUT2D eigenvalue weighted by Crippen LogP contribution is -2.42. The maximum absolute atomic E-state index is 12.1. The molecule has 2 aromatic rings. The number of fused-ring (bicyclic) bond motifs is 1. The summed E-state index contributed by atoms with van der Waals surface area (Å²) in [5.41, 5.74) is 2.41. The molecule has 0 saturated carbocycles. The lowest BCUT2D eigenvalue weighted by molar-refractivity contribution is -0.125. The first-order chi connectivity index (χ1) is 11.0. The molecule has 120 valence electrons. The second-order valence-electron chi connectivity index (χ2n) is 5.91. The Morgan fingerprint density at radius 3 is 2.87 bits per heavy atom. The van der Waals surface area contributed by atoms with E-state index >= 15 is 0 Å². The SMILES string of the molecule is Cc1ccc2cc(CCNC(=O)C3CCC(=O)N3)c(=O)[nH]c2c1. The van der Waals surface area contributed by atoms with E-state index < -0.39 is 6.04 Å². The molecular weight excluding hydrogens is 294 g/mol. The molecule has 1 fully saturated rings. The Kier molecular flexibility index (Phi) is 4.14. The summed E-state index contributed by atoms with van der Waals surface area (Å²) < 4.78 is 0. The quantitative estimate of drug-likeness (QED) is 0.779. The zero-order chi connectivity index (χ0) is 16.4. The molecule has 1 aromatic heterocycles. The van der Waals surface area contributed by atoms with Gasteiger partial charge in [0.25, 0.3) is 5.56 Å². The third kappa shape index (κ3) is 3.41. The summed E-state index contributed by atoms with van der Waals surface area (Å²) in [7, 11) is 0. The van der Waals surface area contributed by atoms with Gasteiger partial charge in [0.1, 0.15) is 6.04 Å². The van der Waals surface area contributed by atoms with Crippen molar-refractivity contribution in [3.8, 4) is 0 Å². The first-order valence-corrected chi connectivity index (χ1v) is 7.72. The lowest BCUT2D eigenvalue weighted by atomic mass is 10.1. The van der Waals surface area contributed by atoms with Crippen molar-refractivity contribution in [1.82, 2.24) is 15.6 Å². The molecule has 1 aliphatic heterocycles. The topological polar surface area (TPSA) is 91.1 Å². The van der Waals surface area contributed by atoms with Crippen molar-refractivity contribution in [2.45, 2.75) is 32.2 Å². The van der Waals surface area contributed by atoms with E-state index in [9.17, 15) is 14.4 Å². The van der Waals surface area contributed by atoms with E-state index in [1.807, 2.05) is 31.2 Å². The van der Waals surface area contributed by atoms with Gasteiger partial charge >= 0.3 is 0 Å². The molecule has 1 aliphatic rings. The van der Waals surface area contributed by atoms with Gasteiger partial charge in [0.05, 0.1) is 0 Å². The Bertz CT molecular complexity index is 825. The summed E-state index contributed by atoms with van der Waals surface area (Å²) in [5.74, 6) is -0.282. The zero-order valence-corrected chi connectivity index (χ0v) is 12.9. The number of nitrogens with one attached hydrogen (secondary N) is 3. The molecule has 2 amide bonds. The predicted octanol–water partition coefficient (Wildman–Crippen LogP) is 0.774. The van der Waals surface area contributed by atoms with Crippen LogP contribution in [0.25, 0.3) is 10.9 Å². The highest BCUT2D eigenvalue weighted by molar-refractivity contribution is 5.90. The molecule has 1 aromatic carbocycles. The van der Waals surface area contributed by atoms with E-state index in [1.165, 1.54) is 0 Å². The van der Waals surface area contributed by atoms with Gasteiger partial charge in [-0.05, 0) is 42.8 Å². The number of carbonyl (C=O) groups excluding carboxylic acids is 2. The highest BCUT2D eigenvalue weighted by Gasteiger charge is 2.26. The van der Waals surface area contributed by atoms with Crippen LogP contribution in [0.1, 0.15) is 24.0 Å². The highest BCUT2D eigenvalue weighted by Crippen LogP contribution is 2.13. The molecule has 3 N–H and O–H groups in total. The minimum Gasteiger partial charge on any atom is -0.354 e. The molecule has 0 bridgehead atoms. The number of rotatable bonds is 4. The summed E-state index contributed by atoms with van der Waals surface area (Å²) in [6, 6.07) is 7.31. The average Bonchev–Trinajstić information content (AvgIpc) is 2.94. The lowest BCUT2D eigenvalue weighted by Gasteiger charge is -2.11. The molecule has 0 aliphatic carbocycles. The number of aromatic nitrogens is 1. The van der Waals surface area contributed by atoms with Crippen LogP contribution in [-0.4, -0.2) is 29.4 Å². The summed E-state index contributed by atoms with van der Waals surface area (Å²) in [6.45, 7) is 2.34. The Labute approximate surface area is 133 Å². The maximum Gasteiger partial charge on any atom is 0.251 e. The Morgan fingerprint density at radius 2 is 2.13 bits per heavy atom. The number of hydrogen-bond acceptors (Lipinski definition) is 3. The maximum atomic E-state index is 12.1. The van der Waals surface area contributed by atoms with Crippen molar-refractivity contribution in [3.05, 3.63) is 45.7 Å². The van der Waals surface area contributed by atoms with Crippen LogP contribution in [0.15, 0.2) is 29.1 Å². The number of aryl methyl sites for hydroxylation is 1. The van der Waals surface area contributed by atoms with Crippen molar-refractivity contribution in [2.75, 3.05) is 6.54 Å².